The molecule has 0 amide bonds. The lowest BCUT2D eigenvalue weighted by Gasteiger charge is -2.33. The van der Waals surface area contributed by atoms with Crippen molar-refractivity contribution >= 4 is 5.84 Å². The first kappa shape index (κ1) is 15.4. The standard InChI is InChI=1S/C15H22N2O4/c1-14(2)15(3,4)17(19)13(16(14)18)10-7-8-11(20-5)12(9-10)21-6/h7-9,18H,1-6H3. The summed E-state index contributed by atoms with van der Waals surface area (Å²) in [5, 5.41) is 24.1. The number of methoxy groups -OCH3 is 2. The summed E-state index contributed by atoms with van der Waals surface area (Å²) in [6.45, 7) is 7.26. The number of hydrogen-bond donors (Lipinski definition) is 1. The Morgan fingerprint density at radius 3 is 2.10 bits per heavy atom. The minimum atomic E-state index is -0.774. The van der Waals surface area contributed by atoms with Gasteiger partial charge in [0.15, 0.2) is 17.0 Å². The van der Waals surface area contributed by atoms with Crippen molar-refractivity contribution < 1.29 is 19.4 Å². The molecule has 0 aromatic heterocycles. The van der Waals surface area contributed by atoms with E-state index in [0.717, 1.165) is 9.80 Å². The topological polar surface area (TPSA) is 68.0 Å². The Labute approximate surface area is 124 Å². The van der Waals surface area contributed by atoms with Crippen LogP contribution in [0.5, 0.6) is 11.5 Å². The Bertz CT molecular complexity index is 593. The quantitative estimate of drug-likeness (QED) is 0.684. The van der Waals surface area contributed by atoms with Gasteiger partial charge in [0, 0.05) is 0 Å². The first-order valence-corrected chi connectivity index (χ1v) is 6.74. The van der Waals surface area contributed by atoms with Gasteiger partial charge in [-0.3, -0.25) is 4.74 Å². The van der Waals surface area contributed by atoms with Gasteiger partial charge in [-0.15, -0.1) is 5.06 Å². The Morgan fingerprint density at radius 1 is 1.10 bits per heavy atom. The number of nitrogens with zero attached hydrogens (tertiary/aromatic N) is 2. The summed E-state index contributed by atoms with van der Waals surface area (Å²) in [6, 6.07) is 5.11. The van der Waals surface area contributed by atoms with Crippen LogP contribution in [0.15, 0.2) is 18.2 Å². The molecule has 1 aliphatic heterocycles. The lowest BCUT2D eigenvalue weighted by Crippen LogP contribution is -2.53. The summed E-state index contributed by atoms with van der Waals surface area (Å²) in [4.78, 5) is 0. The Hall–Kier alpha value is -1.95. The van der Waals surface area contributed by atoms with E-state index in [2.05, 4.69) is 0 Å². The zero-order chi connectivity index (χ0) is 16.0. The molecule has 1 aromatic carbocycles. The average molecular weight is 294 g/mol. The fourth-order valence-electron chi connectivity index (χ4n) is 2.34. The largest absolute Gasteiger partial charge is 0.714 e. The molecule has 0 saturated heterocycles. The normalized spacial score (nSPS) is 19.9. The van der Waals surface area contributed by atoms with E-state index in [9.17, 15) is 10.4 Å². The van der Waals surface area contributed by atoms with Crippen molar-refractivity contribution in [1.29, 1.82) is 0 Å². The molecule has 0 unspecified atom stereocenters. The highest BCUT2D eigenvalue weighted by Crippen LogP contribution is 2.38. The molecule has 0 saturated carbocycles. The van der Waals surface area contributed by atoms with Gasteiger partial charge >= 0.3 is 5.84 Å². The van der Waals surface area contributed by atoms with Crippen LogP contribution in [0.2, 0.25) is 0 Å². The highest BCUT2D eigenvalue weighted by atomic mass is 16.5. The third-order valence-electron chi connectivity index (χ3n) is 4.57. The van der Waals surface area contributed by atoms with Gasteiger partial charge < -0.3 is 14.7 Å². The first-order chi connectivity index (χ1) is 9.68. The maximum Gasteiger partial charge on any atom is 0.313 e. The van der Waals surface area contributed by atoms with E-state index >= 15 is 0 Å². The molecular weight excluding hydrogens is 272 g/mol. The minimum Gasteiger partial charge on any atom is -0.714 e. The lowest BCUT2D eigenvalue weighted by atomic mass is 9.84. The lowest BCUT2D eigenvalue weighted by molar-refractivity contribution is -0.539. The summed E-state index contributed by atoms with van der Waals surface area (Å²) in [5.74, 6) is 1.28. The third-order valence-corrected chi connectivity index (χ3v) is 4.57. The van der Waals surface area contributed by atoms with Crippen molar-refractivity contribution in [1.82, 2.24) is 5.06 Å². The molecule has 6 nitrogen and oxygen atoms in total. The van der Waals surface area contributed by atoms with Crippen LogP contribution in [-0.2, 0) is 0 Å². The molecule has 0 aliphatic carbocycles. The van der Waals surface area contributed by atoms with Crippen LogP contribution in [-0.4, -0.2) is 46.1 Å². The Kier molecular flexibility index (Phi) is 3.53. The molecule has 0 spiro atoms. The maximum atomic E-state index is 12.6. The maximum absolute atomic E-state index is 12.6. The van der Waals surface area contributed by atoms with Crippen molar-refractivity contribution in [2.24, 2.45) is 0 Å². The number of hydroxylamine groups is 3. The van der Waals surface area contributed by atoms with E-state index in [1.165, 1.54) is 7.11 Å². The van der Waals surface area contributed by atoms with Gasteiger partial charge in [0.2, 0.25) is 0 Å². The van der Waals surface area contributed by atoms with Crippen molar-refractivity contribution in [3.63, 3.8) is 0 Å². The van der Waals surface area contributed by atoms with Crippen LogP contribution in [0.3, 0.4) is 0 Å². The van der Waals surface area contributed by atoms with E-state index in [0.29, 0.717) is 17.1 Å². The third kappa shape index (κ3) is 2.01. The summed E-state index contributed by atoms with van der Waals surface area (Å²) >= 11 is 0. The van der Waals surface area contributed by atoms with E-state index in [1.807, 2.05) is 13.8 Å². The number of ether oxygens (including phenoxy) is 2. The van der Waals surface area contributed by atoms with Crippen molar-refractivity contribution in [2.45, 2.75) is 38.8 Å². The molecule has 1 N–H and O–H groups in total. The number of benzene rings is 1. The molecule has 0 bridgehead atoms. The molecular formula is C15H22N2O4. The van der Waals surface area contributed by atoms with Crippen LogP contribution in [0, 0.1) is 5.21 Å². The predicted octanol–water partition coefficient (Wildman–Crippen LogP) is 2.22. The highest BCUT2D eigenvalue weighted by Gasteiger charge is 2.58. The van der Waals surface area contributed by atoms with Crippen LogP contribution in [0.1, 0.15) is 33.3 Å². The molecule has 6 heteroatoms. The van der Waals surface area contributed by atoms with E-state index in [4.69, 9.17) is 9.47 Å². The molecule has 0 atom stereocenters. The predicted molar refractivity (Wildman–Crippen MR) is 79.1 cm³/mol. The van der Waals surface area contributed by atoms with Crippen molar-refractivity contribution in [3.05, 3.63) is 29.0 Å². The number of hydrogen-bond acceptors (Lipinski definition) is 5. The molecule has 116 valence electrons. The molecule has 1 aromatic rings. The van der Waals surface area contributed by atoms with Crippen molar-refractivity contribution in [2.75, 3.05) is 14.2 Å². The fourth-order valence-corrected chi connectivity index (χ4v) is 2.34. The Morgan fingerprint density at radius 2 is 1.67 bits per heavy atom. The fraction of sp³-hybridized carbons (Fsp3) is 0.533. The summed E-state index contributed by atoms with van der Waals surface area (Å²) in [5.41, 5.74) is -0.926. The van der Waals surface area contributed by atoms with Crippen LogP contribution in [0.4, 0.5) is 0 Å². The second kappa shape index (κ2) is 4.80. The highest BCUT2D eigenvalue weighted by molar-refractivity contribution is 5.96. The van der Waals surface area contributed by atoms with Crippen LogP contribution < -0.4 is 9.47 Å². The smallest absolute Gasteiger partial charge is 0.313 e. The second-order valence-electron chi connectivity index (χ2n) is 6.12. The zero-order valence-corrected chi connectivity index (χ0v) is 13.3. The summed E-state index contributed by atoms with van der Waals surface area (Å²) < 4.78 is 11.3. The van der Waals surface area contributed by atoms with Crippen molar-refractivity contribution in [3.8, 4) is 11.5 Å². The van der Waals surface area contributed by atoms with E-state index in [-0.39, 0.29) is 5.84 Å². The molecule has 2 rings (SSSR count). The van der Waals surface area contributed by atoms with Gasteiger partial charge in [-0.1, -0.05) is 0 Å². The first-order valence-electron chi connectivity index (χ1n) is 6.74. The molecule has 0 radical (unpaired) electrons. The second-order valence-corrected chi connectivity index (χ2v) is 6.12. The monoisotopic (exact) mass is 294 g/mol. The molecule has 21 heavy (non-hydrogen) atoms. The van der Waals surface area contributed by atoms with Gasteiger partial charge in [-0.25, -0.2) is 5.21 Å². The number of amidine groups is 1. The molecule has 0 fully saturated rings. The summed E-state index contributed by atoms with van der Waals surface area (Å²) in [6.07, 6.45) is 0. The van der Waals surface area contributed by atoms with Gasteiger partial charge in [-0.05, 0) is 45.9 Å². The summed E-state index contributed by atoms with van der Waals surface area (Å²) in [7, 11) is 3.07. The number of rotatable bonds is 3. The van der Waals surface area contributed by atoms with Crippen LogP contribution in [0.25, 0.3) is 0 Å². The van der Waals surface area contributed by atoms with Gasteiger partial charge in [0.25, 0.3) is 0 Å². The van der Waals surface area contributed by atoms with Gasteiger partial charge in [0.1, 0.15) is 5.54 Å². The molecule has 1 heterocycles. The molecule has 1 aliphatic rings. The van der Waals surface area contributed by atoms with Gasteiger partial charge in [-0.2, -0.15) is 0 Å². The zero-order valence-electron chi connectivity index (χ0n) is 13.3. The Balaban J connectivity index is 2.59. The SMILES string of the molecule is COc1ccc(C2=[N+]([O-])C(C)(C)C(C)(C)N2O)cc1OC. The minimum absolute atomic E-state index is 0.200. The average Bonchev–Trinajstić information content (AvgIpc) is 2.57. The van der Waals surface area contributed by atoms with Gasteiger partial charge in [0.05, 0.1) is 19.8 Å². The van der Waals surface area contributed by atoms with E-state index in [1.54, 1.807) is 39.2 Å². The van der Waals surface area contributed by atoms with Crippen LogP contribution >= 0.6 is 0 Å². The van der Waals surface area contributed by atoms with E-state index < -0.39 is 11.1 Å².